The van der Waals surface area contributed by atoms with Crippen LogP contribution in [-0.4, -0.2) is 30.9 Å². The molecular formula is C12H21NO3. The smallest absolute Gasteiger partial charge is 0.222 e. The van der Waals surface area contributed by atoms with Crippen molar-refractivity contribution in [3.05, 3.63) is 0 Å². The summed E-state index contributed by atoms with van der Waals surface area (Å²) < 4.78 is 11.3. The lowest BCUT2D eigenvalue weighted by Crippen LogP contribution is -2.45. The molecule has 1 aliphatic carbocycles. The van der Waals surface area contributed by atoms with Crippen molar-refractivity contribution in [2.75, 3.05) is 13.2 Å². The van der Waals surface area contributed by atoms with E-state index in [4.69, 9.17) is 9.47 Å². The minimum absolute atomic E-state index is 0.0647. The van der Waals surface area contributed by atoms with Gasteiger partial charge in [-0.05, 0) is 12.8 Å². The molecule has 4 nitrogen and oxygen atoms in total. The van der Waals surface area contributed by atoms with Crippen LogP contribution in [0.25, 0.3) is 0 Å². The molecule has 0 aromatic carbocycles. The second-order valence-corrected chi connectivity index (χ2v) is 5.05. The minimum Gasteiger partial charge on any atom is -0.353 e. The molecule has 1 saturated heterocycles. The van der Waals surface area contributed by atoms with Gasteiger partial charge in [-0.3, -0.25) is 4.79 Å². The number of ether oxygens (including phenoxy) is 2. The highest BCUT2D eigenvalue weighted by Crippen LogP contribution is 2.35. The number of carbonyl (C=O) groups is 1. The van der Waals surface area contributed by atoms with Gasteiger partial charge < -0.3 is 14.8 Å². The predicted molar refractivity (Wildman–Crippen MR) is 59.9 cm³/mol. The van der Waals surface area contributed by atoms with E-state index in [0.717, 1.165) is 25.7 Å². The molecule has 0 aromatic rings. The lowest BCUT2D eigenvalue weighted by molar-refractivity contribution is -0.180. The molecule has 1 saturated carbocycles. The zero-order valence-corrected chi connectivity index (χ0v) is 10.1. The molecule has 2 fully saturated rings. The van der Waals surface area contributed by atoms with Crippen LogP contribution in [0.4, 0.5) is 0 Å². The average molecular weight is 227 g/mol. The summed E-state index contributed by atoms with van der Waals surface area (Å²) in [4.78, 5) is 11.6. The van der Waals surface area contributed by atoms with Crippen LogP contribution in [0.1, 0.15) is 39.5 Å². The molecule has 2 rings (SSSR count). The second kappa shape index (κ2) is 4.72. The maximum absolute atomic E-state index is 11.6. The third-order valence-electron chi connectivity index (χ3n) is 3.43. The molecule has 4 heteroatoms. The number of rotatable bonds is 2. The number of carbonyl (C=O) groups excluding carboxylic acids is 1. The summed E-state index contributed by atoms with van der Waals surface area (Å²) in [5, 5.41) is 3.07. The summed E-state index contributed by atoms with van der Waals surface area (Å²) >= 11 is 0. The summed E-state index contributed by atoms with van der Waals surface area (Å²) in [5.74, 6) is -0.108. The SMILES string of the molecule is CC(C)C(=O)NC1CCC2(CC1)OCCO2. The maximum atomic E-state index is 11.6. The Morgan fingerprint density at radius 3 is 2.31 bits per heavy atom. The van der Waals surface area contributed by atoms with Crippen LogP contribution in [0.5, 0.6) is 0 Å². The topological polar surface area (TPSA) is 47.6 Å². The Hall–Kier alpha value is -0.610. The number of amides is 1. The highest BCUT2D eigenvalue weighted by Gasteiger charge is 2.40. The summed E-state index contributed by atoms with van der Waals surface area (Å²) in [6.45, 7) is 5.26. The van der Waals surface area contributed by atoms with Gasteiger partial charge in [0.25, 0.3) is 0 Å². The van der Waals surface area contributed by atoms with E-state index < -0.39 is 0 Å². The molecule has 92 valence electrons. The van der Waals surface area contributed by atoms with Crippen molar-refractivity contribution in [3.63, 3.8) is 0 Å². The predicted octanol–water partition coefficient (Wildman–Crippen LogP) is 1.44. The maximum Gasteiger partial charge on any atom is 0.222 e. The molecule has 0 aromatic heterocycles. The van der Waals surface area contributed by atoms with Crippen LogP contribution in [-0.2, 0) is 14.3 Å². The first kappa shape index (κ1) is 11.9. The van der Waals surface area contributed by atoms with Gasteiger partial charge in [-0.15, -0.1) is 0 Å². The first-order valence-electron chi connectivity index (χ1n) is 6.20. The van der Waals surface area contributed by atoms with Crippen LogP contribution in [0, 0.1) is 5.92 Å². The van der Waals surface area contributed by atoms with Gasteiger partial charge in [-0.25, -0.2) is 0 Å². The van der Waals surface area contributed by atoms with Gasteiger partial charge in [0, 0.05) is 24.8 Å². The molecule has 1 heterocycles. The first-order chi connectivity index (χ1) is 7.61. The fourth-order valence-electron chi connectivity index (χ4n) is 2.36. The van der Waals surface area contributed by atoms with Crippen molar-refractivity contribution in [1.29, 1.82) is 0 Å². The van der Waals surface area contributed by atoms with Crippen molar-refractivity contribution < 1.29 is 14.3 Å². The molecular weight excluding hydrogens is 206 g/mol. The largest absolute Gasteiger partial charge is 0.353 e. The van der Waals surface area contributed by atoms with Gasteiger partial charge in [0.1, 0.15) is 0 Å². The molecule has 0 unspecified atom stereocenters. The zero-order chi connectivity index (χ0) is 11.6. The first-order valence-corrected chi connectivity index (χ1v) is 6.20. The fourth-order valence-corrected chi connectivity index (χ4v) is 2.36. The van der Waals surface area contributed by atoms with Gasteiger partial charge >= 0.3 is 0 Å². The molecule has 0 radical (unpaired) electrons. The molecule has 0 atom stereocenters. The summed E-state index contributed by atoms with van der Waals surface area (Å²) in [5.41, 5.74) is 0. The van der Waals surface area contributed by atoms with E-state index >= 15 is 0 Å². The van der Waals surface area contributed by atoms with Crippen molar-refractivity contribution in [2.45, 2.75) is 51.4 Å². The van der Waals surface area contributed by atoms with Gasteiger partial charge in [0.15, 0.2) is 5.79 Å². The Labute approximate surface area is 96.7 Å². The standard InChI is InChI=1S/C12H21NO3/c1-9(2)11(14)13-10-3-5-12(6-4-10)15-7-8-16-12/h9-10H,3-8H2,1-2H3,(H,13,14). The lowest BCUT2D eigenvalue weighted by atomic mass is 9.90. The summed E-state index contributed by atoms with van der Waals surface area (Å²) in [6.07, 6.45) is 3.71. The molecule has 2 aliphatic rings. The molecule has 16 heavy (non-hydrogen) atoms. The van der Waals surface area contributed by atoms with Gasteiger partial charge in [0.2, 0.25) is 5.91 Å². The van der Waals surface area contributed by atoms with Crippen molar-refractivity contribution in [1.82, 2.24) is 5.32 Å². The third-order valence-corrected chi connectivity index (χ3v) is 3.43. The molecule has 0 bridgehead atoms. The van der Waals surface area contributed by atoms with E-state index in [9.17, 15) is 4.79 Å². The Kier molecular flexibility index (Phi) is 3.50. The van der Waals surface area contributed by atoms with E-state index in [1.54, 1.807) is 0 Å². The summed E-state index contributed by atoms with van der Waals surface area (Å²) in [7, 11) is 0. The normalized spacial score (nSPS) is 25.2. The number of hydrogen-bond donors (Lipinski definition) is 1. The van der Waals surface area contributed by atoms with Crippen molar-refractivity contribution in [3.8, 4) is 0 Å². The van der Waals surface area contributed by atoms with E-state index in [1.165, 1.54) is 0 Å². The summed E-state index contributed by atoms with van der Waals surface area (Å²) in [6, 6.07) is 0.299. The van der Waals surface area contributed by atoms with Crippen molar-refractivity contribution in [2.24, 2.45) is 5.92 Å². The lowest BCUT2D eigenvalue weighted by Gasteiger charge is -2.35. The molecule has 1 spiro atoms. The minimum atomic E-state index is -0.320. The van der Waals surface area contributed by atoms with E-state index in [-0.39, 0.29) is 17.6 Å². The Morgan fingerprint density at radius 1 is 1.25 bits per heavy atom. The van der Waals surface area contributed by atoms with Gasteiger partial charge in [-0.1, -0.05) is 13.8 Å². The number of nitrogens with one attached hydrogen (secondary N) is 1. The molecule has 1 aliphatic heterocycles. The van der Waals surface area contributed by atoms with Crippen LogP contribution >= 0.6 is 0 Å². The average Bonchev–Trinajstić information content (AvgIpc) is 2.70. The third kappa shape index (κ3) is 2.55. The van der Waals surface area contributed by atoms with Crippen molar-refractivity contribution >= 4 is 5.91 Å². The quantitative estimate of drug-likeness (QED) is 0.776. The molecule has 1 N–H and O–H groups in total. The van der Waals surface area contributed by atoms with E-state index in [0.29, 0.717) is 19.3 Å². The van der Waals surface area contributed by atoms with E-state index in [1.807, 2.05) is 13.8 Å². The van der Waals surface area contributed by atoms with Crippen LogP contribution in [0.3, 0.4) is 0 Å². The monoisotopic (exact) mass is 227 g/mol. The van der Waals surface area contributed by atoms with E-state index in [2.05, 4.69) is 5.32 Å². The van der Waals surface area contributed by atoms with Crippen LogP contribution < -0.4 is 5.32 Å². The Bertz CT molecular complexity index is 249. The fraction of sp³-hybridized carbons (Fsp3) is 0.917. The molecule has 1 amide bonds. The zero-order valence-electron chi connectivity index (χ0n) is 10.1. The Morgan fingerprint density at radius 2 is 1.81 bits per heavy atom. The highest BCUT2D eigenvalue weighted by atomic mass is 16.7. The van der Waals surface area contributed by atoms with Crippen LogP contribution in [0.15, 0.2) is 0 Å². The van der Waals surface area contributed by atoms with Gasteiger partial charge in [0.05, 0.1) is 13.2 Å². The van der Waals surface area contributed by atoms with Gasteiger partial charge in [-0.2, -0.15) is 0 Å². The highest BCUT2D eigenvalue weighted by molar-refractivity contribution is 5.78. The number of hydrogen-bond acceptors (Lipinski definition) is 3. The second-order valence-electron chi connectivity index (χ2n) is 5.05. The Balaban J connectivity index is 1.79. The van der Waals surface area contributed by atoms with Crippen LogP contribution in [0.2, 0.25) is 0 Å².